The summed E-state index contributed by atoms with van der Waals surface area (Å²) in [6.45, 7) is 5.81. The molecule has 0 bridgehead atoms. The number of anilines is 2. The first-order chi connectivity index (χ1) is 11.2. The number of halogens is 1. The van der Waals surface area contributed by atoms with Crippen molar-refractivity contribution in [1.82, 2.24) is 0 Å². The number of carbonyl (C=O) groups excluding carboxylic acids is 2. The molecule has 0 fully saturated rings. The first-order valence-electron chi connectivity index (χ1n) is 7.79. The summed E-state index contributed by atoms with van der Waals surface area (Å²) in [7, 11) is 1.60. The highest BCUT2D eigenvalue weighted by Gasteiger charge is 2.17. The molecule has 2 amide bonds. The van der Waals surface area contributed by atoms with Crippen LogP contribution in [0.5, 0.6) is 0 Å². The van der Waals surface area contributed by atoms with Crippen molar-refractivity contribution in [2.45, 2.75) is 45.6 Å². The number of hydrogen-bond acceptors (Lipinski definition) is 4. The number of rotatable bonds is 7. The van der Waals surface area contributed by atoms with Crippen molar-refractivity contribution in [1.29, 1.82) is 0 Å². The van der Waals surface area contributed by atoms with E-state index < -0.39 is 17.5 Å². The van der Waals surface area contributed by atoms with E-state index in [1.807, 2.05) is 0 Å². The van der Waals surface area contributed by atoms with Gasteiger partial charge in [-0.3, -0.25) is 10.1 Å². The molecule has 0 radical (unpaired) electrons. The lowest BCUT2D eigenvalue weighted by Gasteiger charge is -2.19. The maximum Gasteiger partial charge on any atom is 0.412 e. The maximum absolute atomic E-state index is 13.8. The summed E-state index contributed by atoms with van der Waals surface area (Å²) in [6.07, 6.45) is 1.03. The van der Waals surface area contributed by atoms with Crippen molar-refractivity contribution >= 4 is 23.4 Å². The Morgan fingerprint density at radius 1 is 1.17 bits per heavy atom. The Bertz CT molecular complexity index is 570. The van der Waals surface area contributed by atoms with E-state index in [9.17, 15) is 14.0 Å². The van der Waals surface area contributed by atoms with E-state index >= 15 is 0 Å². The third-order valence-corrected chi connectivity index (χ3v) is 2.89. The van der Waals surface area contributed by atoms with E-state index in [0.29, 0.717) is 18.7 Å². The Morgan fingerprint density at radius 2 is 1.88 bits per heavy atom. The molecule has 2 N–H and O–H groups in total. The zero-order chi connectivity index (χ0) is 18.2. The molecular weight excluding hydrogens is 315 g/mol. The first-order valence-corrected chi connectivity index (χ1v) is 7.79. The van der Waals surface area contributed by atoms with E-state index in [-0.39, 0.29) is 18.0 Å². The Morgan fingerprint density at radius 3 is 2.50 bits per heavy atom. The topological polar surface area (TPSA) is 76.7 Å². The smallest absolute Gasteiger partial charge is 0.412 e. The van der Waals surface area contributed by atoms with Gasteiger partial charge in [0.15, 0.2) is 0 Å². The summed E-state index contributed by atoms with van der Waals surface area (Å²) in [5, 5.41) is 5.01. The summed E-state index contributed by atoms with van der Waals surface area (Å²) in [5.74, 6) is -0.866. The number of amides is 2. The van der Waals surface area contributed by atoms with Gasteiger partial charge in [-0.05, 0) is 51.8 Å². The quantitative estimate of drug-likeness (QED) is 0.737. The highest BCUT2D eigenvalue weighted by molar-refractivity contribution is 5.92. The molecule has 0 spiro atoms. The fraction of sp³-hybridized carbons (Fsp3) is 0.529. The Labute approximate surface area is 141 Å². The molecular formula is C17H25FN2O4. The van der Waals surface area contributed by atoms with Crippen molar-refractivity contribution in [3.8, 4) is 0 Å². The number of methoxy groups -OCH3 is 1. The Hall–Kier alpha value is -2.15. The average Bonchev–Trinajstić information content (AvgIpc) is 2.45. The molecule has 134 valence electrons. The lowest BCUT2D eigenvalue weighted by atomic mass is 10.2. The van der Waals surface area contributed by atoms with E-state index in [1.165, 1.54) is 18.2 Å². The van der Waals surface area contributed by atoms with Crippen LogP contribution >= 0.6 is 0 Å². The van der Waals surface area contributed by atoms with Crippen LogP contribution < -0.4 is 10.6 Å². The predicted molar refractivity (Wildman–Crippen MR) is 90.6 cm³/mol. The SMILES string of the molecule is COCCCCC(=O)Nc1cc(NC(=O)OC(C)(C)C)ccc1F. The zero-order valence-electron chi connectivity index (χ0n) is 14.6. The third-order valence-electron chi connectivity index (χ3n) is 2.89. The van der Waals surface area contributed by atoms with Crippen LogP contribution in [0, 0.1) is 5.82 Å². The molecule has 0 aromatic heterocycles. The number of benzene rings is 1. The summed E-state index contributed by atoms with van der Waals surface area (Å²) in [6, 6.07) is 3.92. The molecule has 1 aromatic carbocycles. The normalized spacial score (nSPS) is 11.0. The second kappa shape index (κ2) is 9.22. The molecule has 1 rings (SSSR count). The lowest BCUT2D eigenvalue weighted by molar-refractivity contribution is -0.116. The van der Waals surface area contributed by atoms with Crippen LogP contribution in [0.3, 0.4) is 0 Å². The average molecular weight is 340 g/mol. The molecule has 0 aliphatic carbocycles. The monoisotopic (exact) mass is 340 g/mol. The van der Waals surface area contributed by atoms with Crippen LogP contribution in [0.2, 0.25) is 0 Å². The Balaban J connectivity index is 2.62. The summed E-state index contributed by atoms with van der Waals surface area (Å²) < 4.78 is 23.8. The second-order valence-corrected chi connectivity index (χ2v) is 6.32. The number of unbranched alkanes of at least 4 members (excludes halogenated alkanes) is 1. The van der Waals surface area contributed by atoms with Crippen LogP contribution in [0.25, 0.3) is 0 Å². The molecule has 0 aliphatic rings. The van der Waals surface area contributed by atoms with Crippen LogP contribution in [0.4, 0.5) is 20.6 Å². The van der Waals surface area contributed by atoms with Gasteiger partial charge in [0.1, 0.15) is 11.4 Å². The fourth-order valence-corrected chi connectivity index (χ4v) is 1.86. The summed E-state index contributed by atoms with van der Waals surface area (Å²) in [4.78, 5) is 23.5. The predicted octanol–water partition coefficient (Wildman–Crippen LogP) is 3.93. The van der Waals surface area contributed by atoms with Crippen LogP contribution in [0.1, 0.15) is 40.0 Å². The summed E-state index contributed by atoms with van der Waals surface area (Å²) in [5.41, 5.74) is -0.288. The van der Waals surface area contributed by atoms with Crippen molar-refractivity contribution in [2.24, 2.45) is 0 Å². The molecule has 0 unspecified atom stereocenters. The van der Waals surface area contributed by atoms with Gasteiger partial charge in [-0.15, -0.1) is 0 Å². The number of nitrogens with one attached hydrogen (secondary N) is 2. The molecule has 24 heavy (non-hydrogen) atoms. The molecule has 6 nitrogen and oxygen atoms in total. The van der Waals surface area contributed by atoms with Crippen molar-refractivity contribution in [2.75, 3.05) is 24.4 Å². The summed E-state index contributed by atoms with van der Waals surface area (Å²) >= 11 is 0. The molecule has 0 aliphatic heterocycles. The van der Waals surface area contributed by atoms with E-state index in [1.54, 1.807) is 27.9 Å². The van der Waals surface area contributed by atoms with Gasteiger partial charge in [0.2, 0.25) is 5.91 Å². The van der Waals surface area contributed by atoms with Crippen LogP contribution in [-0.4, -0.2) is 31.3 Å². The van der Waals surface area contributed by atoms with Crippen molar-refractivity contribution in [3.05, 3.63) is 24.0 Å². The lowest BCUT2D eigenvalue weighted by Crippen LogP contribution is -2.27. The highest BCUT2D eigenvalue weighted by atomic mass is 19.1. The van der Waals surface area contributed by atoms with Crippen molar-refractivity contribution in [3.63, 3.8) is 0 Å². The fourth-order valence-electron chi connectivity index (χ4n) is 1.86. The van der Waals surface area contributed by atoms with Gasteiger partial charge in [0.05, 0.1) is 5.69 Å². The minimum absolute atomic E-state index is 0.0142. The Kier molecular flexibility index (Phi) is 7.64. The van der Waals surface area contributed by atoms with Gasteiger partial charge in [0, 0.05) is 25.8 Å². The number of hydrogen-bond donors (Lipinski definition) is 2. The van der Waals surface area contributed by atoms with E-state index in [4.69, 9.17) is 9.47 Å². The number of carbonyl (C=O) groups is 2. The van der Waals surface area contributed by atoms with Crippen LogP contribution in [0.15, 0.2) is 18.2 Å². The zero-order valence-corrected chi connectivity index (χ0v) is 14.6. The minimum Gasteiger partial charge on any atom is -0.444 e. The van der Waals surface area contributed by atoms with Crippen molar-refractivity contribution < 1.29 is 23.5 Å². The van der Waals surface area contributed by atoms with Gasteiger partial charge >= 0.3 is 6.09 Å². The maximum atomic E-state index is 13.8. The minimum atomic E-state index is -0.647. The van der Waals surface area contributed by atoms with Gasteiger partial charge in [0.25, 0.3) is 0 Å². The molecule has 0 saturated carbocycles. The highest BCUT2D eigenvalue weighted by Crippen LogP contribution is 2.21. The standard InChI is InChI=1S/C17H25FN2O4/c1-17(2,3)24-16(22)19-12-8-9-13(18)14(11-12)20-15(21)7-5-6-10-23-4/h8-9,11H,5-7,10H2,1-4H3,(H,19,22)(H,20,21). The molecule has 0 heterocycles. The van der Waals surface area contributed by atoms with Crippen LogP contribution in [-0.2, 0) is 14.3 Å². The van der Waals surface area contributed by atoms with Gasteiger partial charge in [-0.1, -0.05) is 0 Å². The third kappa shape index (κ3) is 7.92. The second-order valence-electron chi connectivity index (χ2n) is 6.32. The number of ether oxygens (including phenoxy) is 2. The van der Waals surface area contributed by atoms with E-state index in [2.05, 4.69) is 10.6 Å². The van der Waals surface area contributed by atoms with Gasteiger partial charge in [-0.25, -0.2) is 9.18 Å². The molecule has 0 atom stereocenters. The molecule has 7 heteroatoms. The molecule has 0 saturated heterocycles. The first kappa shape index (κ1) is 19.9. The molecule has 1 aromatic rings. The van der Waals surface area contributed by atoms with Gasteiger partial charge in [-0.2, -0.15) is 0 Å². The van der Waals surface area contributed by atoms with E-state index in [0.717, 1.165) is 6.42 Å². The largest absolute Gasteiger partial charge is 0.444 e. The van der Waals surface area contributed by atoms with Gasteiger partial charge < -0.3 is 14.8 Å².